The van der Waals surface area contributed by atoms with Crippen molar-refractivity contribution in [1.29, 1.82) is 0 Å². The van der Waals surface area contributed by atoms with Crippen molar-refractivity contribution in [3.05, 3.63) is 66.4 Å². The van der Waals surface area contributed by atoms with Crippen molar-refractivity contribution >= 4 is 22.1 Å². The number of halogens is 1. The van der Waals surface area contributed by atoms with Gasteiger partial charge >= 0.3 is 0 Å². The van der Waals surface area contributed by atoms with Gasteiger partial charge in [-0.05, 0) is 48.9 Å². The fourth-order valence-corrected chi connectivity index (χ4v) is 3.91. The summed E-state index contributed by atoms with van der Waals surface area (Å²) in [5.41, 5.74) is 7.34. The van der Waals surface area contributed by atoms with E-state index >= 15 is 0 Å². The van der Waals surface area contributed by atoms with E-state index in [0.29, 0.717) is 33.8 Å². The van der Waals surface area contributed by atoms with Gasteiger partial charge in [0, 0.05) is 30.6 Å². The molecule has 0 unspecified atom stereocenters. The topological polar surface area (TPSA) is 101 Å². The molecule has 5 aromatic heterocycles. The van der Waals surface area contributed by atoms with Gasteiger partial charge in [-0.25, -0.2) is 14.4 Å². The van der Waals surface area contributed by atoms with E-state index in [1.165, 1.54) is 12.1 Å². The minimum Gasteiger partial charge on any atom is -0.336 e. The van der Waals surface area contributed by atoms with Gasteiger partial charge in [0.1, 0.15) is 16.9 Å². The molecule has 5 heterocycles. The van der Waals surface area contributed by atoms with Crippen LogP contribution in [-0.4, -0.2) is 39.9 Å². The zero-order chi connectivity index (χ0) is 21.8. The summed E-state index contributed by atoms with van der Waals surface area (Å²) in [5, 5.41) is 11.7. The summed E-state index contributed by atoms with van der Waals surface area (Å²) in [6, 6.07) is 10.5. The van der Waals surface area contributed by atoms with Crippen LogP contribution in [0, 0.1) is 12.7 Å². The van der Waals surface area contributed by atoms with E-state index in [1.54, 1.807) is 17.1 Å². The van der Waals surface area contributed by atoms with Crippen molar-refractivity contribution in [2.24, 2.45) is 7.05 Å². The molecule has 0 radical (unpaired) electrons. The Kier molecular flexibility index (Phi) is 3.91. The molecular formula is C23H17FN8. The maximum Gasteiger partial charge on any atom is 0.161 e. The average molecular weight is 424 g/mol. The van der Waals surface area contributed by atoms with E-state index in [1.807, 2.05) is 44.4 Å². The third kappa shape index (κ3) is 2.94. The number of benzene rings is 1. The Hall–Kier alpha value is -4.40. The lowest BCUT2D eigenvalue weighted by atomic mass is 10.1. The number of nitrogens with zero attached hydrogens (tertiary/aromatic N) is 6. The van der Waals surface area contributed by atoms with Gasteiger partial charge in [0.15, 0.2) is 11.5 Å². The molecule has 0 fully saturated rings. The molecule has 0 saturated carbocycles. The summed E-state index contributed by atoms with van der Waals surface area (Å²) >= 11 is 0. The maximum absolute atomic E-state index is 14.0. The van der Waals surface area contributed by atoms with Gasteiger partial charge in [-0.2, -0.15) is 10.2 Å². The maximum atomic E-state index is 14.0. The number of H-pyrrole nitrogens is 2. The smallest absolute Gasteiger partial charge is 0.161 e. The first-order chi connectivity index (χ1) is 15.5. The highest BCUT2D eigenvalue weighted by atomic mass is 19.1. The molecule has 1 aromatic carbocycles. The van der Waals surface area contributed by atoms with Gasteiger partial charge in [-0.15, -0.1) is 0 Å². The molecule has 0 amide bonds. The molecule has 9 heteroatoms. The molecule has 0 aliphatic rings. The first-order valence-electron chi connectivity index (χ1n) is 10.0. The average Bonchev–Trinajstić information content (AvgIpc) is 3.49. The van der Waals surface area contributed by atoms with Crippen LogP contribution in [-0.2, 0) is 7.05 Å². The van der Waals surface area contributed by atoms with Gasteiger partial charge in [-0.3, -0.25) is 14.8 Å². The van der Waals surface area contributed by atoms with Crippen LogP contribution in [0.25, 0.3) is 56.1 Å². The second-order valence-corrected chi connectivity index (χ2v) is 7.73. The Morgan fingerprint density at radius 2 is 1.81 bits per heavy atom. The number of imidazole rings is 1. The third-order valence-electron chi connectivity index (χ3n) is 5.35. The summed E-state index contributed by atoms with van der Waals surface area (Å²) in [4.78, 5) is 17.3. The molecule has 0 atom stereocenters. The van der Waals surface area contributed by atoms with Crippen molar-refractivity contribution in [3.63, 3.8) is 0 Å². The van der Waals surface area contributed by atoms with E-state index < -0.39 is 0 Å². The quantitative estimate of drug-likeness (QED) is 0.438. The van der Waals surface area contributed by atoms with E-state index in [0.717, 1.165) is 27.9 Å². The highest BCUT2D eigenvalue weighted by molar-refractivity contribution is 5.95. The third-order valence-corrected chi connectivity index (χ3v) is 5.35. The number of aromatic nitrogens is 8. The summed E-state index contributed by atoms with van der Waals surface area (Å²) in [5.74, 6) is 0.254. The fraction of sp³-hybridized carbons (Fsp3) is 0.0870. The highest BCUT2D eigenvalue weighted by Crippen LogP contribution is 2.31. The first-order valence-corrected chi connectivity index (χ1v) is 10.0. The molecule has 0 bridgehead atoms. The van der Waals surface area contributed by atoms with E-state index in [-0.39, 0.29) is 5.82 Å². The Labute approximate surface area is 181 Å². The Morgan fingerprint density at radius 1 is 0.938 bits per heavy atom. The largest absolute Gasteiger partial charge is 0.336 e. The van der Waals surface area contributed by atoms with Crippen LogP contribution < -0.4 is 0 Å². The number of pyridine rings is 2. The van der Waals surface area contributed by atoms with Crippen LogP contribution >= 0.6 is 0 Å². The van der Waals surface area contributed by atoms with E-state index in [4.69, 9.17) is 9.97 Å². The summed E-state index contributed by atoms with van der Waals surface area (Å²) < 4.78 is 15.7. The van der Waals surface area contributed by atoms with Crippen LogP contribution in [0.5, 0.6) is 0 Å². The zero-order valence-corrected chi connectivity index (χ0v) is 17.3. The number of hydrogen-bond donors (Lipinski definition) is 2. The zero-order valence-electron chi connectivity index (χ0n) is 17.3. The van der Waals surface area contributed by atoms with Gasteiger partial charge in [0.25, 0.3) is 0 Å². The summed E-state index contributed by atoms with van der Waals surface area (Å²) in [7, 11) is 1.87. The lowest BCUT2D eigenvalue weighted by molar-refractivity contribution is 0.627. The number of rotatable bonds is 3. The number of fused-ring (bicyclic) bond motifs is 2. The standard InChI is InChI=1S/C23H17FN8/c1-12-7-13(9-15(24)8-12)19-20-17(5-6-25-19)28-23(29-20)22-21-18(30-31-22)4-3-16(27-21)14-10-26-32(2)11-14/h3-11H,1-2H3,(H,28,29)(H,30,31). The van der Waals surface area contributed by atoms with Crippen molar-refractivity contribution in [1.82, 2.24) is 39.9 Å². The minimum atomic E-state index is -0.306. The van der Waals surface area contributed by atoms with Gasteiger partial charge in [0.05, 0.1) is 28.6 Å². The van der Waals surface area contributed by atoms with Gasteiger partial charge in [-0.1, -0.05) is 0 Å². The van der Waals surface area contributed by atoms with E-state index in [9.17, 15) is 4.39 Å². The Bertz CT molecular complexity index is 1600. The van der Waals surface area contributed by atoms with Crippen molar-refractivity contribution in [2.45, 2.75) is 6.92 Å². The lowest BCUT2D eigenvalue weighted by Gasteiger charge is -2.03. The molecule has 6 aromatic rings. The molecule has 0 saturated heterocycles. The summed E-state index contributed by atoms with van der Waals surface area (Å²) in [6.45, 7) is 1.85. The number of aryl methyl sites for hydroxylation is 2. The second kappa shape index (κ2) is 6.81. The highest BCUT2D eigenvalue weighted by Gasteiger charge is 2.18. The molecule has 156 valence electrons. The van der Waals surface area contributed by atoms with Crippen molar-refractivity contribution in [2.75, 3.05) is 0 Å². The molecule has 2 N–H and O–H groups in total. The number of aromatic amines is 2. The minimum absolute atomic E-state index is 0.306. The molecule has 0 spiro atoms. The molecule has 32 heavy (non-hydrogen) atoms. The van der Waals surface area contributed by atoms with Crippen LogP contribution in [0.4, 0.5) is 4.39 Å². The Balaban J connectivity index is 1.51. The normalized spacial score (nSPS) is 11.6. The second-order valence-electron chi connectivity index (χ2n) is 7.73. The van der Waals surface area contributed by atoms with Crippen LogP contribution in [0.15, 0.2) is 55.0 Å². The predicted molar refractivity (Wildman–Crippen MR) is 119 cm³/mol. The molecular weight excluding hydrogens is 407 g/mol. The van der Waals surface area contributed by atoms with Gasteiger partial charge < -0.3 is 4.98 Å². The SMILES string of the molecule is Cc1cc(F)cc(-c2nccc3[nH]c(-c4n[nH]c5ccc(-c6cnn(C)c6)nc45)nc23)c1. The van der Waals surface area contributed by atoms with Gasteiger partial charge in [0.2, 0.25) is 0 Å². The number of hydrogen-bond acceptors (Lipinski definition) is 5. The Morgan fingerprint density at radius 3 is 2.62 bits per heavy atom. The molecule has 6 rings (SSSR count). The monoisotopic (exact) mass is 424 g/mol. The van der Waals surface area contributed by atoms with Crippen LogP contribution in [0.3, 0.4) is 0 Å². The molecule has 0 aliphatic carbocycles. The first kappa shape index (κ1) is 18.4. The van der Waals surface area contributed by atoms with E-state index in [2.05, 4.69) is 25.3 Å². The van der Waals surface area contributed by atoms with Crippen LogP contribution in [0.1, 0.15) is 5.56 Å². The van der Waals surface area contributed by atoms with Crippen molar-refractivity contribution < 1.29 is 4.39 Å². The number of nitrogens with one attached hydrogen (secondary N) is 2. The van der Waals surface area contributed by atoms with Crippen molar-refractivity contribution in [3.8, 4) is 34.0 Å². The fourth-order valence-electron chi connectivity index (χ4n) is 3.91. The molecule has 8 nitrogen and oxygen atoms in total. The predicted octanol–water partition coefficient (Wildman–Crippen LogP) is 4.41. The lowest BCUT2D eigenvalue weighted by Crippen LogP contribution is -1.88. The molecule has 0 aliphatic heterocycles. The summed E-state index contributed by atoms with van der Waals surface area (Å²) in [6.07, 6.45) is 5.36. The van der Waals surface area contributed by atoms with Crippen LogP contribution in [0.2, 0.25) is 0 Å².